The van der Waals surface area contributed by atoms with Gasteiger partial charge in [0, 0.05) is 24.4 Å². The van der Waals surface area contributed by atoms with Gasteiger partial charge in [-0.1, -0.05) is 12.2 Å². The fourth-order valence-corrected chi connectivity index (χ4v) is 1.45. The van der Waals surface area contributed by atoms with Gasteiger partial charge in [0.2, 0.25) is 0 Å². The summed E-state index contributed by atoms with van der Waals surface area (Å²) in [5.41, 5.74) is 2.43. The van der Waals surface area contributed by atoms with E-state index in [0.29, 0.717) is 0 Å². The number of nitrogens with zero attached hydrogens (tertiary/aromatic N) is 2. The van der Waals surface area contributed by atoms with E-state index in [2.05, 4.69) is 34.1 Å². The first kappa shape index (κ1) is 8.88. The average molecular weight is 185 g/mol. The summed E-state index contributed by atoms with van der Waals surface area (Å²) >= 11 is 0. The average Bonchev–Trinajstić information content (AvgIpc) is 2.44. The Bertz CT molecular complexity index is 400. The van der Waals surface area contributed by atoms with Crippen LogP contribution in [0.1, 0.15) is 12.0 Å². The molecule has 1 aromatic heterocycles. The van der Waals surface area contributed by atoms with Crippen molar-refractivity contribution in [1.29, 1.82) is 0 Å². The lowest BCUT2D eigenvalue weighted by atomic mass is 10.1. The van der Waals surface area contributed by atoms with Gasteiger partial charge in [-0.15, -0.1) is 0 Å². The quantitative estimate of drug-likeness (QED) is 0.612. The van der Waals surface area contributed by atoms with E-state index in [1.54, 1.807) is 0 Å². The van der Waals surface area contributed by atoms with E-state index in [1.807, 2.05) is 31.6 Å². The van der Waals surface area contributed by atoms with Crippen LogP contribution in [0.3, 0.4) is 0 Å². The molecule has 0 radical (unpaired) electrons. The Balaban J connectivity index is 2.39. The molecule has 0 spiro atoms. The number of rotatable bonds is 1. The van der Waals surface area contributed by atoms with Crippen molar-refractivity contribution in [3.63, 3.8) is 0 Å². The number of hydrogen-bond acceptors (Lipinski definition) is 1. The Labute approximate surface area is 83.9 Å². The molecule has 0 fully saturated rings. The van der Waals surface area contributed by atoms with Crippen molar-refractivity contribution in [2.24, 2.45) is 0 Å². The highest BCUT2D eigenvalue weighted by Crippen LogP contribution is 2.15. The zero-order valence-electron chi connectivity index (χ0n) is 8.22. The van der Waals surface area contributed by atoms with Gasteiger partial charge in [0.25, 0.3) is 0 Å². The van der Waals surface area contributed by atoms with Gasteiger partial charge in [-0.2, -0.15) is 0 Å². The van der Waals surface area contributed by atoms with Gasteiger partial charge in [0.05, 0.1) is 0 Å². The Morgan fingerprint density at radius 2 is 2.07 bits per heavy atom. The molecule has 1 aliphatic heterocycles. The highest BCUT2D eigenvalue weighted by molar-refractivity contribution is 5.74. The van der Waals surface area contributed by atoms with Crippen LogP contribution in [-0.2, 0) is 0 Å². The van der Waals surface area contributed by atoms with E-state index in [-0.39, 0.29) is 0 Å². The maximum Gasteiger partial charge on any atom is 0.176 e. The van der Waals surface area contributed by atoms with Crippen LogP contribution in [0.15, 0.2) is 42.9 Å². The molecule has 2 heteroatoms. The lowest BCUT2D eigenvalue weighted by Crippen LogP contribution is -1.96. The monoisotopic (exact) mass is 185 g/mol. The van der Waals surface area contributed by atoms with Crippen molar-refractivity contribution >= 4 is 11.8 Å². The fourth-order valence-electron chi connectivity index (χ4n) is 1.45. The van der Waals surface area contributed by atoms with Gasteiger partial charge in [0.15, 0.2) is 6.20 Å². The van der Waals surface area contributed by atoms with Crippen LogP contribution in [0.2, 0.25) is 0 Å². The van der Waals surface area contributed by atoms with Crippen LogP contribution < -0.4 is 0 Å². The van der Waals surface area contributed by atoms with E-state index in [4.69, 9.17) is 0 Å². The maximum absolute atomic E-state index is 4.01. The minimum atomic E-state index is 0.988. The standard InChI is InChI=1S/C12H13N2/c1-14-9-3-2-4-12(10-14)11-5-7-13-8-6-11/h2,4-10H,3H2,1H3/q+1. The smallest absolute Gasteiger partial charge is 0.176 e. The topological polar surface area (TPSA) is 15.9 Å². The summed E-state index contributed by atoms with van der Waals surface area (Å²) in [6, 6.07) is 4.05. The highest BCUT2D eigenvalue weighted by atomic mass is 14.9. The van der Waals surface area contributed by atoms with Crippen LogP contribution in [0, 0.1) is 0 Å². The van der Waals surface area contributed by atoms with Gasteiger partial charge in [0.1, 0.15) is 13.3 Å². The number of aromatic nitrogens is 1. The zero-order valence-corrected chi connectivity index (χ0v) is 8.22. The van der Waals surface area contributed by atoms with Crippen LogP contribution in [0.5, 0.6) is 0 Å². The van der Waals surface area contributed by atoms with Gasteiger partial charge < -0.3 is 0 Å². The van der Waals surface area contributed by atoms with Crippen LogP contribution in [0.4, 0.5) is 0 Å². The molecule has 0 N–H and O–H groups in total. The SMILES string of the molecule is C[N+]1=CCC=CC(c2ccncc2)=C1. The van der Waals surface area contributed by atoms with E-state index < -0.39 is 0 Å². The van der Waals surface area contributed by atoms with Crippen molar-refractivity contribution < 1.29 is 4.58 Å². The summed E-state index contributed by atoms with van der Waals surface area (Å²) in [5.74, 6) is 0. The van der Waals surface area contributed by atoms with E-state index in [9.17, 15) is 0 Å². The van der Waals surface area contributed by atoms with Crippen LogP contribution in [-0.4, -0.2) is 22.8 Å². The second-order valence-electron chi connectivity index (χ2n) is 3.31. The second-order valence-corrected chi connectivity index (χ2v) is 3.31. The molecule has 0 aliphatic carbocycles. The first-order valence-corrected chi connectivity index (χ1v) is 4.70. The van der Waals surface area contributed by atoms with E-state index in [1.165, 1.54) is 11.1 Å². The lowest BCUT2D eigenvalue weighted by Gasteiger charge is -1.97. The molecule has 0 amide bonds. The fraction of sp³-hybridized carbons (Fsp3) is 0.167. The third-order valence-corrected chi connectivity index (χ3v) is 2.18. The molecular formula is C12H13N2+. The van der Waals surface area contributed by atoms with Crippen molar-refractivity contribution in [1.82, 2.24) is 4.98 Å². The first-order valence-electron chi connectivity index (χ1n) is 4.70. The van der Waals surface area contributed by atoms with Crippen LogP contribution in [0.25, 0.3) is 5.57 Å². The maximum atomic E-state index is 4.01. The van der Waals surface area contributed by atoms with Crippen molar-refractivity contribution in [3.8, 4) is 0 Å². The molecule has 0 atom stereocenters. The molecular weight excluding hydrogens is 172 g/mol. The van der Waals surface area contributed by atoms with Crippen molar-refractivity contribution in [2.75, 3.05) is 7.05 Å². The van der Waals surface area contributed by atoms with Gasteiger partial charge in [-0.3, -0.25) is 4.98 Å². The lowest BCUT2D eigenvalue weighted by molar-refractivity contribution is -0.416. The third-order valence-electron chi connectivity index (χ3n) is 2.18. The molecule has 0 saturated heterocycles. The molecule has 2 rings (SSSR count). The predicted molar refractivity (Wildman–Crippen MR) is 58.2 cm³/mol. The summed E-state index contributed by atoms with van der Waals surface area (Å²) in [6.45, 7) is 0. The molecule has 0 aromatic carbocycles. The Hall–Kier alpha value is -1.70. The Kier molecular flexibility index (Phi) is 2.54. The van der Waals surface area contributed by atoms with Crippen molar-refractivity contribution in [2.45, 2.75) is 6.42 Å². The zero-order chi connectivity index (χ0) is 9.80. The molecule has 0 bridgehead atoms. The van der Waals surface area contributed by atoms with E-state index in [0.717, 1.165) is 6.42 Å². The summed E-state index contributed by atoms with van der Waals surface area (Å²) in [5, 5.41) is 0. The third kappa shape index (κ3) is 1.96. The molecule has 70 valence electrons. The number of hydrogen-bond donors (Lipinski definition) is 0. The summed E-state index contributed by atoms with van der Waals surface area (Å²) in [4.78, 5) is 4.01. The van der Waals surface area contributed by atoms with Gasteiger partial charge >= 0.3 is 0 Å². The summed E-state index contributed by atoms with van der Waals surface area (Å²) in [6.07, 6.45) is 13.2. The molecule has 1 aliphatic rings. The van der Waals surface area contributed by atoms with E-state index >= 15 is 0 Å². The predicted octanol–water partition coefficient (Wildman–Crippen LogP) is 2.10. The van der Waals surface area contributed by atoms with Gasteiger partial charge in [-0.05, 0) is 17.7 Å². The minimum absolute atomic E-state index is 0.988. The molecule has 2 nitrogen and oxygen atoms in total. The molecule has 0 unspecified atom stereocenters. The van der Waals surface area contributed by atoms with Crippen molar-refractivity contribution in [3.05, 3.63) is 48.4 Å². The Morgan fingerprint density at radius 1 is 1.29 bits per heavy atom. The number of allylic oxidation sites excluding steroid dienone is 3. The summed E-state index contributed by atoms with van der Waals surface area (Å²) < 4.78 is 2.09. The summed E-state index contributed by atoms with van der Waals surface area (Å²) in [7, 11) is 2.05. The first-order chi connectivity index (χ1) is 6.86. The Morgan fingerprint density at radius 3 is 2.86 bits per heavy atom. The molecule has 14 heavy (non-hydrogen) atoms. The number of pyridine rings is 1. The normalized spacial score (nSPS) is 15.8. The largest absolute Gasteiger partial charge is 0.265 e. The molecule has 2 heterocycles. The molecule has 0 saturated carbocycles. The van der Waals surface area contributed by atoms with Gasteiger partial charge in [-0.25, -0.2) is 4.58 Å². The minimum Gasteiger partial charge on any atom is -0.265 e. The second kappa shape index (κ2) is 4.01. The van der Waals surface area contributed by atoms with Crippen LogP contribution >= 0.6 is 0 Å². The highest BCUT2D eigenvalue weighted by Gasteiger charge is 2.03. The molecule has 1 aromatic rings.